The summed E-state index contributed by atoms with van der Waals surface area (Å²) in [6.45, 7) is 0.392. The molecule has 8 rings (SSSR count). The van der Waals surface area contributed by atoms with Crippen molar-refractivity contribution >= 4 is 17.6 Å². The summed E-state index contributed by atoms with van der Waals surface area (Å²) in [5.74, 6) is -0.496. The lowest BCUT2D eigenvalue weighted by Gasteiger charge is -2.06. The van der Waals surface area contributed by atoms with Crippen LogP contribution in [0.4, 0.5) is 8.78 Å². The molecule has 0 fully saturated rings. The third-order valence-corrected chi connectivity index (χ3v) is 8.79. The molecule has 5 heterocycles. The summed E-state index contributed by atoms with van der Waals surface area (Å²) in [5.41, 5.74) is 9.21. The van der Waals surface area contributed by atoms with Crippen molar-refractivity contribution in [2.24, 2.45) is 5.73 Å². The Kier molecular flexibility index (Phi) is 10.1. The summed E-state index contributed by atoms with van der Waals surface area (Å²) in [6.07, 6.45) is 4.41. The van der Waals surface area contributed by atoms with Crippen LogP contribution in [0.5, 0.6) is 0 Å². The standard InChI is InChI=1S/C23H16FN5O2S.C14H12FN5O/c24-17-9-5-4-6-15(17)14-29-20(18-10-11-31-28-18)12-19(27-29)22-25-13-21(23(30)26-22)32-16-7-2-1-3-8-16;15-10-4-2-1-3-9(10)8-20-13(11-5-6-21-19-11)7-12(18-20)14(16)17/h1-13H,14H2,(H,25,26,30);1-7H,8H2,(H3,16,17). The first-order valence-electron chi connectivity index (χ1n) is 15.9. The number of nitrogens with one attached hydrogen (secondary N) is 2. The largest absolute Gasteiger partial charge is 0.382 e. The van der Waals surface area contributed by atoms with Crippen LogP contribution in [-0.4, -0.2) is 45.7 Å². The second-order valence-corrected chi connectivity index (χ2v) is 12.5. The zero-order chi connectivity index (χ0) is 36.7. The highest BCUT2D eigenvalue weighted by Crippen LogP contribution is 2.27. The Labute approximate surface area is 303 Å². The van der Waals surface area contributed by atoms with Gasteiger partial charge in [-0.05, 0) is 36.4 Å². The van der Waals surface area contributed by atoms with Gasteiger partial charge < -0.3 is 19.8 Å². The maximum Gasteiger partial charge on any atom is 0.265 e. The van der Waals surface area contributed by atoms with Crippen molar-refractivity contribution in [2.75, 3.05) is 0 Å². The first kappa shape index (κ1) is 34.5. The molecule has 0 unspecified atom stereocenters. The average molecular weight is 731 g/mol. The van der Waals surface area contributed by atoms with Crippen LogP contribution in [0, 0.1) is 17.0 Å². The number of halogens is 2. The van der Waals surface area contributed by atoms with Crippen molar-refractivity contribution in [1.82, 2.24) is 39.8 Å². The van der Waals surface area contributed by atoms with E-state index in [1.165, 1.54) is 42.6 Å². The molecule has 16 heteroatoms. The molecular weight excluding hydrogens is 703 g/mol. The van der Waals surface area contributed by atoms with E-state index in [-0.39, 0.29) is 36.1 Å². The molecule has 0 aliphatic rings. The highest BCUT2D eigenvalue weighted by Gasteiger charge is 2.18. The highest BCUT2D eigenvalue weighted by atomic mass is 32.2. The van der Waals surface area contributed by atoms with E-state index in [1.54, 1.807) is 70.0 Å². The Hall–Kier alpha value is -6.94. The zero-order valence-electron chi connectivity index (χ0n) is 27.6. The number of amidine groups is 1. The quantitative estimate of drug-likeness (QED) is 0.102. The molecule has 0 saturated carbocycles. The van der Waals surface area contributed by atoms with E-state index in [0.29, 0.717) is 56.0 Å². The van der Waals surface area contributed by atoms with E-state index in [2.05, 4.69) is 30.5 Å². The minimum atomic E-state index is -0.329. The number of aromatic amines is 1. The van der Waals surface area contributed by atoms with Crippen LogP contribution in [0.3, 0.4) is 0 Å². The van der Waals surface area contributed by atoms with Crippen LogP contribution >= 0.6 is 11.8 Å². The second-order valence-electron chi connectivity index (χ2n) is 11.4. The van der Waals surface area contributed by atoms with Gasteiger partial charge in [0.25, 0.3) is 5.56 Å². The van der Waals surface area contributed by atoms with Gasteiger partial charge in [0.2, 0.25) is 0 Å². The Bertz CT molecular complexity index is 2530. The molecule has 8 aromatic rings. The van der Waals surface area contributed by atoms with Crippen LogP contribution < -0.4 is 11.3 Å². The Balaban J connectivity index is 0.000000179. The molecule has 0 aliphatic heterocycles. The van der Waals surface area contributed by atoms with Crippen LogP contribution in [0.1, 0.15) is 16.8 Å². The molecular formula is C37H28F2N10O3S. The van der Waals surface area contributed by atoms with Crippen LogP contribution in [0.15, 0.2) is 145 Å². The van der Waals surface area contributed by atoms with Gasteiger partial charge in [0, 0.05) is 34.4 Å². The van der Waals surface area contributed by atoms with Crippen LogP contribution in [-0.2, 0) is 13.1 Å². The predicted octanol–water partition coefficient (Wildman–Crippen LogP) is 6.64. The van der Waals surface area contributed by atoms with Crippen molar-refractivity contribution in [2.45, 2.75) is 22.9 Å². The van der Waals surface area contributed by atoms with Crippen molar-refractivity contribution in [3.63, 3.8) is 0 Å². The third kappa shape index (κ3) is 8.02. The SMILES string of the molecule is N=C(N)c1cc(-c2ccon2)n(Cc2ccccc2F)n1.O=c1[nH]c(-c2cc(-c3ccon3)n(Cc3ccccc3F)n2)ncc1Sc1ccccc1. The fraction of sp³-hybridized carbons (Fsp3) is 0.0541. The fourth-order valence-corrected chi connectivity index (χ4v) is 6.00. The Morgan fingerprint density at radius 3 is 1.87 bits per heavy atom. The second kappa shape index (κ2) is 15.5. The van der Waals surface area contributed by atoms with Gasteiger partial charge in [-0.2, -0.15) is 10.2 Å². The van der Waals surface area contributed by atoms with E-state index in [4.69, 9.17) is 20.2 Å². The molecule has 53 heavy (non-hydrogen) atoms. The number of hydrogen-bond acceptors (Lipinski definition) is 10. The fourth-order valence-electron chi connectivity index (χ4n) is 5.20. The van der Waals surface area contributed by atoms with Gasteiger partial charge in [-0.15, -0.1) is 0 Å². The lowest BCUT2D eigenvalue weighted by atomic mass is 10.2. The number of rotatable bonds is 10. The number of nitrogen functional groups attached to an aromatic ring is 1. The number of H-pyrrole nitrogens is 1. The Morgan fingerprint density at radius 1 is 0.755 bits per heavy atom. The molecule has 0 saturated heterocycles. The summed E-state index contributed by atoms with van der Waals surface area (Å²) < 4.78 is 40.9. The molecule has 0 bridgehead atoms. The summed E-state index contributed by atoms with van der Waals surface area (Å²) in [4.78, 5) is 21.2. The van der Waals surface area contributed by atoms with Crippen LogP contribution in [0.2, 0.25) is 0 Å². The minimum Gasteiger partial charge on any atom is -0.382 e. The van der Waals surface area contributed by atoms with Gasteiger partial charge in [0.05, 0.1) is 29.4 Å². The maximum absolute atomic E-state index is 14.2. The molecule has 13 nitrogen and oxygen atoms in total. The third-order valence-electron chi connectivity index (χ3n) is 7.77. The van der Waals surface area contributed by atoms with E-state index in [9.17, 15) is 13.6 Å². The number of benzene rings is 3. The first-order chi connectivity index (χ1) is 25.8. The number of aromatic nitrogens is 8. The monoisotopic (exact) mass is 730 g/mol. The van der Waals surface area contributed by atoms with Crippen molar-refractivity contribution in [3.05, 3.63) is 161 Å². The lowest BCUT2D eigenvalue weighted by molar-refractivity contribution is 0.421. The predicted molar refractivity (Wildman–Crippen MR) is 192 cm³/mol. The van der Waals surface area contributed by atoms with Gasteiger partial charge in [-0.1, -0.05) is 76.7 Å². The molecule has 0 radical (unpaired) electrons. The molecule has 0 spiro atoms. The average Bonchev–Trinajstić information content (AvgIpc) is 4.00. The first-order valence-corrected chi connectivity index (χ1v) is 16.7. The van der Waals surface area contributed by atoms with Crippen molar-refractivity contribution in [3.8, 4) is 34.3 Å². The van der Waals surface area contributed by atoms with E-state index < -0.39 is 0 Å². The summed E-state index contributed by atoms with van der Waals surface area (Å²) in [6, 6.07) is 29.2. The minimum absolute atomic E-state index is 0.160. The molecule has 0 amide bonds. The normalized spacial score (nSPS) is 10.9. The van der Waals surface area contributed by atoms with Crippen molar-refractivity contribution in [1.29, 1.82) is 5.41 Å². The van der Waals surface area contributed by atoms with Gasteiger partial charge in [0.15, 0.2) is 5.82 Å². The van der Waals surface area contributed by atoms with E-state index in [0.717, 1.165) is 4.90 Å². The molecule has 0 atom stereocenters. The summed E-state index contributed by atoms with van der Waals surface area (Å²) >= 11 is 1.33. The molecule has 3 aromatic carbocycles. The molecule has 5 aromatic heterocycles. The van der Waals surface area contributed by atoms with Gasteiger partial charge in [-0.3, -0.25) is 19.6 Å². The molecule has 4 N–H and O–H groups in total. The van der Waals surface area contributed by atoms with E-state index in [1.807, 2.05) is 30.3 Å². The number of nitrogens with zero attached hydrogens (tertiary/aromatic N) is 7. The zero-order valence-corrected chi connectivity index (χ0v) is 28.4. The lowest BCUT2D eigenvalue weighted by Crippen LogP contribution is -2.13. The van der Waals surface area contributed by atoms with Gasteiger partial charge >= 0.3 is 0 Å². The summed E-state index contributed by atoms with van der Waals surface area (Å²) in [5, 5.41) is 24.1. The van der Waals surface area contributed by atoms with Gasteiger partial charge in [0.1, 0.15) is 52.8 Å². The van der Waals surface area contributed by atoms with Crippen molar-refractivity contribution < 1.29 is 17.8 Å². The van der Waals surface area contributed by atoms with Gasteiger partial charge in [-0.25, -0.2) is 13.8 Å². The smallest absolute Gasteiger partial charge is 0.265 e. The topological polar surface area (TPSA) is 183 Å². The maximum atomic E-state index is 14.2. The number of nitrogens with two attached hydrogens (primary N) is 1. The van der Waals surface area contributed by atoms with Crippen LogP contribution in [0.25, 0.3) is 34.3 Å². The Morgan fingerprint density at radius 2 is 1.32 bits per heavy atom. The molecule has 264 valence electrons. The molecule has 0 aliphatic carbocycles. The number of hydrogen-bond donors (Lipinski definition) is 3. The highest BCUT2D eigenvalue weighted by molar-refractivity contribution is 7.99. The van der Waals surface area contributed by atoms with E-state index >= 15 is 0 Å². The summed E-state index contributed by atoms with van der Waals surface area (Å²) in [7, 11) is 0.